The van der Waals surface area contributed by atoms with Gasteiger partial charge in [0.25, 0.3) is 0 Å². The van der Waals surface area contributed by atoms with Crippen molar-refractivity contribution in [3.05, 3.63) is 34.9 Å². The number of ether oxygens (including phenoxy) is 1. The summed E-state index contributed by atoms with van der Waals surface area (Å²) in [7, 11) is 0. The van der Waals surface area contributed by atoms with Crippen molar-refractivity contribution in [3.8, 4) is 0 Å². The number of rotatable bonds is 12. The SMILES string of the molecule is CCCCN(C(=O)C(CCC(N)=O)NC(=O)OC(C)(C)C)C(C(=O)NC1CCCCC1)c1cc(C)cc(C)c1. The lowest BCUT2D eigenvalue weighted by atomic mass is 9.93. The maximum atomic E-state index is 14.2. The van der Waals surface area contributed by atoms with Crippen LogP contribution < -0.4 is 16.4 Å². The number of carbonyl (C=O) groups is 4. The van der Waals surface area contributed by atoms with E-state index in [2.05, 4.69) is 10.6 Å². The standard InChI is InChI=1S/C30H48N4O5/c1-7-8-16-34(28(37)24(14-15-25(31)35)33-29(38)39-30(4,5)6)26(22-18-20(2)17-21(3)19-22)27(36)32-23-12-10-9-11-13-23/h17-19,23-24,26H,7-16H2,1-6H3,(H2,31,35)(H,32,36)(H,33,38). The van der Waals surface area contributed by atoms with E-state index in [1.165, 1.54) is 0 Å². The van der Waals surface area contributed by atoms with Crippen molar-refractivity contribution in [2.45, 2.75) is 123 Å². The molecule has 0 bridgehead atoms. The molecule has 0 spiro atoms. The number of nitrogens with zero attached hydrogens (tertiary/aromatic N) is 1. The summed E-state index contributed by atoms with van der Waals surface area (Å²) in [5.41, 5.74) is 7.31. The molecule has 2 atom stereocenters. The van der Waals surface area contributed by atoms with Gasteiger partial charge >= 0.3 is 6.09 Å². The summed E-state index contributed by atoms with van der Waals surface area (Å²) < 4.78 is 5.39. The summed E-state index contributed by atoms with van der Waals surface area (Å²) >= 11 is 0. The van der Waals surface area contributed by atoms with Gasteiger partial charge in [0.05, 0.1) is 0 Å². The molecular formula is C30H48N4O5. The van der Waals surface area contributed by atoms with Gasteiger partial charge in [-0.05, 0) is 65.9 Å². The number of primary amides is 1. The van der Waals surface area contributed by atoms with E-state index in [1.54, 1.807) is 25.7 Å². The topological polar surface area (TPSA) is 131 Å². The predicted molar refractivity (Wildman–Crippen MR) is 152 cm³/mol. The fraction of sp³-hybridized carbons (Fsp3) is 0.667. The number of benzene rings is 1. The average Bonchev–Trinajstić information content (AvgIpc) is 2.82. The Morgan fingerprint density at radius 2 is 1.67 bits per heavy atom. The number of hydrogen-bond acceptors (Lipinski definition) is 5. The minimum absolute atomic E-state index is 0.000155. The molecule has 1 saturated carbocycles. The number of aryl methyl sites for hydroxylation is 2. The number of nitrogens with one attached hydrogen (secondary N) is 2. The second-order valence-electron chi connectivity index (χ2n) is 11.8. The van der Waals surface area contributed by atoms with E-state index in [0.717, 1.165) is 55.2 Å². The Morgan fingerprint density at radius 1 is 1.05 bits per heavy atom. The van der Waals surface area contributed by atoms with E-state index >= 15 is 0 Å². The molecule has 1 aromatic carbocycles. The first-order chi connectivity index (χ1) is 18.3. The molecule has 0 aromatic heterocycles. The van der Waals surface area contributed by atoms with E-state index in [1.807, 2.05) is 39.0 Å². The van der Waals surface area contributed by atoms with Crippen molar-refractivity contribution >= 4 is 23.8 Å². The third-order valence-electron chi connectivity index (χ3n) is 6.78. The van der Waals surface area contributed by atoms with E-state index in [0.29, 0.717) is 13.0 Å². The molecule has 0 saturated heterocycles. The Balaban J connectivity index is 2.50. The highest BCUT2D eigenvalue weighted by Gasteiger charge is 2.37. The summed E-state index contributed by atoms with van der Waals surface area (Å²) in [6.45, 7) is 11.4. The van der Waals surface area contributed by atoms with Crippen molar-refractivity contribution in [1.29, 1.82) is 0 Å². The summed E-state index contributed by atoms with van der Waals surface area (Å²) in [6.07, 6.45) is 5.71. The summed E-state index contributed by atoms with van der Waals surface area (Å²) in [4.78, 5) is 54.0. The van der Waals surface area contributed by atoms with Crippen LogP contribution in [0.15, 0.2) is 18.2 Å². The van der Waals surface area contributed by atoms with Crippen LogP contribution in [0, 0.1) is 13.8 Å². The molecule has 218 valence electrons. The Labute approximate surface area is 233 Å². The van der Waals surface area contributed by atoms with Crippen molar-refractivity contribution in [1.82, 2.24) is 15.5 Å². The number of carbonyl (C=O) groups excluding carboxylic acids is 4. The van der Waals surface area contributed by atoms with Crippen LogP contribution in [0.25, 0.3) is 0 Å². The molecule has 1 aliphatic carbocycles. The lowest BCUT2D eigenvalue weighted by Crippen LogP contribution is -2.54. The molecule has 0 heterocycles. The van der Waals surface area contributed by atoms with Gasteiger partial charge in [-0.25, -0.2) is 4.79 Å². The first-order valence-corrected chi connectivity index (χ1v) is 14.3. The molecule has 2 unspecified atom stereocenters. The normalized spacial score (nSPS) is 15.6. The lowest BCUT2D eigenvalue weighted by Gasteiger charge is -2.36. The number of nitrogens with two attached hydrogens (primary N) is 1. The van der Waals surface area contributed by atoms with Crippen LogP contribution in [0.1, 0.15) is 108 Å². The average molecular weight is 545 g/mol. The van der Waals surface area contributed by atoms with E-state index in [-0.39, 0.29) is 24.8 Å². The third-order valence-corrected chi connectivity index (χ3v) is 6.78. The fourth-order valence-electron chi connectivity index (χ4n) is 5.06. The lowest BCUT2D eigenvalue weighted by molar-refractivity contribution is -0.143. The molecular weight excluding hydrogens is 496 g/mol. The molecule has 1 aliphatic rings. The summed E-state index contributed by atoms with van der Waals surface area (Å²) in [6, 6.07) is 3.99. The van der Waals surface area contributed by atoms with Gasteiger partial charge in [-0.2, -0.15) is 0 Å². The highest BCUT2D eigenvalue weighted by atomic mass is 16.6. The Kier molecular flexibility index (Phi) is 12.3. The van der Waals surface area contributed by atoms with Gasteiger partial charge in [0.2, 0.25) is 17.7 Å². The zero-order valence-electron chi connectivity index (χ0n) is 24.6. The molecule has 4 amide bonds. The highest BCUT2D eigenvalue weighted by Crippen LogP contribution is 2.27. The maximum absolute atomic E-state index is 14.2. The van der Waals surface area contributed by atoms with Gasteiger partial charge < -0.3 is 26.0 Å². The summed E-state index contributed by atoms with van der Waals surface area (Å²) in [5, 5.41) is 5.85. The Bertz CT molecular complexity index is 977. The molecule has 9 nitrogen and oxygen atoms in total. The second-order valence-corrected chi connectivity index (χ2v) is 11.8. The van der Waals surface area contributed by atoms with Gasteiger partial charge in [-0.1, -0.05) is 61.9 Å². The first kappa shape index (κ1) is 32.1. The largest absolute Gasteiger partial charge is 0.444 e. The zero-order chi connectivity index (χ0) is 29.2. The molecule has 1 aromatic rings. The van der Waals surface area contributed by atoms with Crippen molar-refractivity contribution < 1.29 is 23.9 Å². The molecule has 4 N–H and O–H groups in total. The predicted octanol–water partition coefficient (Wildman–Crippen LogP) is 4.58. The number of amides is 4. The van der Waals surface area contributed by atoms with E-state index in [9.17, 15) is 19.2 Å². The van der Waals surface area contributed by atoms with Crippen LogP contribution in [0.3, 0.4) is 0 Å². The number of hydrogen-bond donors (Lipinski definition) is 3. The van der Waals surface area contributed by atoms with E-state index in [4.69, 9.17) is 10.5 Å². The Morgan fingerprint density at radius 3 is 2.21 bits per heavy atom. The van der Waals surface area contributed by atoms with Crippen LogP contribution in [-0.4, -0.2) is 52.9 Å². The molecule has 9 heteroatoms. The smallest absolute Gasteiger partial charge is 0.408 e. The second kappa shape index (κ2) is 14.9. The fourth-order valence-corrected chi connectivity index (χ4v) is 5.06. The molecule has 0 aliphatic heterocycles. The Hall–Kier alpha value is -3.10. The van der Waals surface area contributed by atoms with Crippen molar-refractivity contribution in [2.24, 2.45) is 5.73 Å². The van der Waals surface area contributed by atoms with Crippen molar-refractivity contribution in [2.75, 3.05) is 6.54 Å². The maximum Gasteiger partial charge on any atom is 0.408 e. The minimum atomic E-state index is -1.08. The van der Waals surface area contributed by atoms with Crippen LogP contribution in [0.5, 0.6) is 0 Å². The number of unbranched alkanes of at least 4 members (excludes halogenated alkanes) is 1. The van der Waals surface area contributed by atoms with Gasteiger partial charge in [-0.15, -0.1) is 0 Å². The first-order valence-electron chi connectivity index (χ1n) is 14.3. The van der Waals surface area contributed by atoms with Gasteiger partial charge in [0.1, 0.15) is 17.7 Å². The minimum Gasteiger partial charge on any atom is -0.444 e. The van der Waals surface area contributed by atoms with Crippen LogP contribution >= 0.6 is 0 Å². The zero-order valence-corrected chi connectivity index (χ0v) is 24.6. The van der Waals surface area contributed by atoms with Gasteiger partial charge in [0.15, 0.2) is 0 Å². The molecule has 39 heavy (non-hydrogen) atoms. The van der Waals surface area contributed by atoms with Crippen LogP contribution in [0.4, 0.5) is 4.79 Å². The van der Waals surface area contributed by atoms with Crippen LogP contribution in [0.2, 0.25) is 0 Å². The summed E-state index contributed by atoms with van der Waals surface area (Å²) in [5.74, 6) is -1.26. The van der Waals surface area contributed by atoms with Crippen LogP contribution in [-0.2, 0) is 19.1 Å². The molecule has 1 fully saturated rings. The van der Waals surface area contributed by atoms with Gasteiger partial charge in [0, 0.05) is 19.0 Å². The third kappa shape index (κ3) is 10.9. The van der Waals surface area contributed by atoms with E-state index < -0.39 is 35.6 Å². The van der Waals surface area contributed by atoms with Gasteiger partial charge in [-0.3, -0.25) is 14.4 Å². The monoisotopic (exact) mass is 544 g/mol. The quantitative estimate of drug-likeness (QED) is 0.354. The molecule has 0 radical (unpaired) electrons. The van der Waals surface area contributed by atoms with Crippen molar-refractivity contribution in [3.63, 3.8) is 0 Å². The molecule has 2 rings (SSSR count). The highest BCUT2D eigenvalue weighted by molar-refractivity contribution is 5.92. The number of alkyl carbamates (subject to hydrolysis) is 1.